The minimum atomic E-state index is -4.65. The molecule has 0 bridgehead atoms. The van der Waals surface area contributed by atoms with Crippen LogP contribution in [0.4, 0.5) is 13.2 Å². The highest BCUT2D eigenvalue weighted by molar-refractivity contribution is 8.07. The van der Waals surface area contributed by atoms with Crippen molar-refractivity contribution in [1.82, 2.24) is 4.98 Å². The fourth-order valence-corrected chi connectivity index (χ4v) is 4.93. The number of carbonyl (C=O) groups excluding carboxylic acids is 1. The molecule has 0 N–H and O–H groups in total. The number of hydrogen-bond acceptors (Lipinski definition) is 6. The van der Waals surface area contributed by atoms with Crippen LogP contribution in [-0.2, 0) is 9.53 Å². The van der Waals surface area contributed by atoms with E-state index in [2.05, 4.69) is 4.98 Å². The summed E-state index contributed by atoms with van der Waals surface area (Å²) in [4.78, 5) is 15.6. The molecule has 112 valence electrons. The molecule has 0 saturated carbocycles. The number of thioether (sulfide) groups is 2. The molecule has 0 aromatic carbocycles. The van der Waals surface area contributed by atoms with Gasteiger partial charge >= 0.3 is 12.1 Å². The van der Waals surface area contributed by atoms with Crippen LogP contribution in [0.3, 0.4) is 0 Å². The van der Waals surface area contributed by atoms with Crippen molar-refractivity contribution in [2.24, 2.45) is 0 Å². The number of aryl methyl sites for hydroxylation is 1. The van der Waals surface area contributed by atoms with Gasteiger partial charge in [-0.1, -0.05) is 0 Å². The van der Waals surface area contributed by atoms with Crippen molar-refractivity contribution in [3.8, 4) is 0 Å². The second-order valence-electron chi connectivity index (χ2n) is 4.12. The highest BCUT2D eigenvalue weighted by atomic mass is 32.2. The molecule has 3 nitrogen and oxygen atoms in total. The van der Waals surface area contributed by atoms with E-state index >= 15 is 0 Å². The summed E-state index contributed by atoms with van der Waals surface area (Å²) < 4.78 is 43.8. The largest absolute Gasteiger partial charge is 0.444 e. The van der Waals surface area contributed by atoms with Gasteiger partial charge in [-0.2, -0.15) is 24.9 Å². The third kappa shape index (κ3) is 4.05. The van der Waals surface area contributed by atoms with E-state index in [-0.39, 0.29) is 5.01 Å². The predicted molar refractivity (Wildman–Crippen MR) is 75.3 cm³/mol. The molecule has 1 fully saturated rings. The Labute approximate surface area is 126 Å². The van der Waals surface area contributed by atoms with Crippen LogP contribution in [0.2, 0.25) is 0 Å². The van der Waals surface area contributed by atoms with Crippen LogP contribution in [0.25, 0.3) is 0 Å². The van der Waals surface area contributed by atoms with Gasteiger partial charge in [0.05, 0.1) is 0 Å². The molecule has 1 aliphatic rings. The monoisotopic (exact) mass is 343 g/mol. The van der Waals surface area contributed by atoms with Crippen LogP contribution in [0.1, 0.15) is 16.8 Å². The maximum atomic E-state index is 13.0. The van der Waals surface area contributed by atoms with Gasteiger partial charge < -0.3 is 4.74 Å². The maximum absolute atomic E-state index is 13.0. The van der Waals surface area contributed by atoms with Crippen LogP contribution in [0.5, 0.6) is 0 Å². The van der Waals surface area contributed by atoms with E-state index in [0.717, 1.165) is 22.8 Å². The Balaban J connectivity index is 2.10. The van der Waals surface area contributed by atoms with Crippen LogP contribution in [0, 0.1) is 6.92 Å². The summed E-state index contributed by atoms with van der Waals surface area (Å²) in [5.41, 5.74) is 0.484. The van der Waals surface area contributed by atoms with E-state index in [0.29, 0.717) is 11.4 Å². The Bertz CT molecular complexity index is 472. The highest BCUT2D eigenvalue weighted by Crippen LogP contribution is 2.38. The first-order valence-electron chi connectivity index (χ1n) is 5.76. The molecule has 2 atom stereocenters. The molecule has 9 heteroatoms. The van der Waals surface area contributed by atoms with Crippen molar-refractivity contribution in [3.63, 3.8) is 0 Å². The molecular weight excluding hydrogens is 331 g/mol. The van der Waals surface area contributed by atoms with E-state index in [4.69, 9.17) is 4.74 Å². The van der Waals surface area contributed by atoms with Crippen molar-refractivity contribution in [2.75, 3.05) is 17.3 Å². The van der Waals surface area contributed by atoms with Crippen molar-refractivity contribution in [2.45, 2.75) is 24.5 Å². The molecular formula is C11H12F3NO2S3. The first-order chi connectivity index (χ1) is 9.38. The minimum absolute atomic E-state index is 0.225. The lowest BCUT2D eigenvalue weighted by atomic mass is 10.3. The Morgan fingerprint density at radius 1 is 1.50 bits per heavy atom. The summed E-state index contributed by atoms with van der Waals surface area (Å²) >= 11 is 3.75. The molecule has 1 aromatic rings. The lowest BCUT2D eigenvalue weighted by Gasteiger charge is -2.23. The summed E-state index contributed by atoms with van der Waals surface area (Å²) in [6.45, 7) is 1.60. The molecule has 0 spiro atoms. The average Bonchev–Trinajstić information content (AvgIpc) is 2.81. The molecule has 2 heterocycles. The van der Waals surface area contributed by atoms with E-state index in [1.54, 1.807) is 18.7 Å². The number of hydrogen-bond donors (Lipinski definition) is 0. The molecule has 2 unspecified atom stereocenters. The first-order valence-corrected chi connectivity index (χ1v) is 8.85. The van der Waals surface area contributed by atoms with Crippen LogP contribution < -0.4 is 0 Å². The number of aromatic nitrogens is 1. The number of alkyl halides is 3. The van der Waals surface area contributed by atoms with Gasteiger partial charge in [-0.15, -0.1) is 23.1 Å². The minimum Gasteiger partial charge on any atom is -0.444 e. The summed E-state index contributed by atoms with van der Waals surface area (Å²) in [5.74, 6) is 1.34. The first kappa shape index (κ1) is 16.0. The molecule has 0 amide bonds. The number of halogens is 3. The topological polar surface area (TPSA) is 39.2 Å². The highest BCUT2D eigenvalue weighted by Gasteiger charge is 2.47. The Morgan fingerprint density at radius 3 is 2.75 bits per heavy atom. The van der Waals surface area contributed by atoms with Gasteiger partial charge in [0.1, 0.15) is 10.3 Å². The zero-order chi connectivity index (χ0) is 14.8. The number of rotatable bonds is 3. The molecule has 1 saturated heterocycles. The van der Waals surface area contributed by atoms with Gasteiger partial charge in [0.25, 0.3) is 0 Å². The van der Waals surface area contributed by atoms with Crippen molar-refractivity contribution >= 4 is 40.8 Å². The molecule has 0 aliphatic carbocycles. The maximum Gasteiger partial charge on any atom is 0.432 e. The number of thiazole rings is 1. The van der Waals surface area contributed by atoms with Crippen LogP contribution >= 0.6 is 34.9 Å². The van der Waals surface area contributed by atoms with Gasteiger partial charge in [0, 0.05) is 28.3 Å². The average molecular weight is 343 g/mol. The summed E-state index contributed by atoms with van der Waals surface area (Å²) in [5, 5.41) is 0.754. The quantitative estimate of drug-likeness (QED) is 0.786. The summed E-state index contributed by atoms with van der Waals surface area (Å²) in [6, 6.07) is 0. The van der Waals surface area contributed by atoms with Gasteiger partial charge in [-0.25, -0.2) is 4.98 Å². The van der Waals surface area contributed by atoms with Gasteiger partial charge in [-0.3, -0.25) is 4.79 Å². The molecule has 1 aromatic heterocycles. The second kappa shape index (κ2) is 6.57. The SMILES string of the molecule is Cc1csc(C(OC(=O)C2CSCCS2)C(F)(F)F)n1. The molecule has 2 rings (SSSR count). The van der Waals surface area contributed by atoms with E-state index < -0.39 is 23.5 Å². The van der Waals surface area contributed by atoms with E-state index in [9.17, 15) is 18.0 Å². The number of carbonyl (C=O) groups is 1. The fourth-order valence-electron chi connectivity index (χ4n) is 1.57. The Kier molecular flexibility index (Phi) is 5.25. The third-order valence-electron chi connectivity index (χ3n) is 2.47. The zero-order valence-corrected chi connectivity index (χ0v) is 12.9. The molecule has 1 aliphatic heterocycles. The molecule has 0 radical (unpaired) electrons. The zero-order valence-electron chi connectivity index (χ0n) is 10.5. The van der Waals surface area contributed by atoms with Gasteiger partial charge in [0.2, 0.25) is 6.10 Å². The number of nitrogens with zero attached hydrogens (tertiary/aromatic N) is 1. The Hall–Kier alpha value is -0.410. The normalized spacial score (nSPS) is 21.5. The summed E-state index contributed by atoms with van der Waals surface area (Å²) in [6.07, 6.45) is -6.91. The van der Waals surface area contributed by atoms with Crippen LogP contribution in [0.15, 0.2) is 5.38 Å². The van der Waals surface area contributed by atoms with Crippen molar-refractivity contribution < 1.29 is 22.7 Å². The second-order valence-corrected chi connectivity index (χ2v) is 7.47. The van der Waals surface area contributed by atoms with Crippen molar-refractivity contribution in [1.29, 1.82) is 0 Å². The lowest BCUT2D eigenvalue weighted by Crippen LogP contribution is -2.32. The standard InChI is InChI=1S/C11H12F3NO2S3/c1-6-4-20-9(15-6)8(11(12,13)14)17-10(16)7-5-18-2-3-19-7/h4,7-8H,2-3,5H2,1H3. The molecule has 20 heavy (non-hydrogen) atoms. The number of ether oxygens (including phenoxy) is 1. The Morgan fingerprint density at radius 2 is 2.25 bits per heavy atom. The van der Waals surface area contributed by atoms with E-state index in [1.807, 2.05) is 0 Å². The smallest absolute Gasteiger partial charge is 0.432 e. The van der Waals surface area contributed by atoms with Crippen LogP contribution in [-0.4, -0.2) is 39.6 Å². The van der Waals surface area contributed by atoms with E-state index in [1.165, 1.54) is 17.1 Å². The fraction of sp³-hybridized carbons (Fsp3) is 0.636. The third-order valence-corrected chi connectivity index (χ3v) is 6.21. The van der Waals surface area contributed by atoms with Crippen molar-refractivity contribution in [3.05, 3.63) is 16.1 Å². The van der Waals surface area contributed by atoms with Gasteiger partial charge in [0.15, 0.2) is 0 Å². The number of esters is 1. The summed E-state index contributed by atoms with van der Waals surface area (Å²) in [7, 11) is 0. The lowest BCUT2D eigenvalue weighted by molar-refractivity contribution is -0.223. The van der Waals surface area contributed by atoms with Gasteiger partial charge in [-0.05, 0) is 6.92 Å². The predicted octanol–water partition coefficient (Wildman–Crippen LogP) is 3.45.